The summed E-state index contributed by atoms with van der Waals surface area (Å²) in [6, 6.07) is 5.98. The van der Waals surface area contributed by atoms with E-state index in [9.17, 15) is 9.18 Å². The maximum atomic E-state index is 13.9. The van der Waals surface area contributed by atoms with Gasteiger partial charge in [0.05, 0.1) is 5.69 Å². The van der Waals surface area contributed by atoms with Gasteiger partial charge in [-0.25, -0.2) is 4.39 Å². The van der Waals surface area contributed by atoms with Crippen LogP contribution in [0.4, 0.5) is 10.1 Å². The third-order valence-corrected chi connectivity index (χ3v) is 3.66. The fraction of sp³-hybridized carbons (Fsp3) is 0.188. The third kappa shape index (κ3) is 2.85. The van der Waals surface area contributed by atoms with Crippen molar-refractivity contribution in [2.75, 3.05) is 5.73 Å². The molecule has 2 N–H and O–H groups in total. The van der Waals surface area contributed by atoms with Crippen LogP contribution in [0.1, 0.15) is 28.4 Å². The third-order valence-electron chi connectivity index (χ3n) is 3.27. The first kappa shape index (κ1) is 15.3. The number of aryl methyl sites for hydroxylation is 1. The van der Waals surface area contributed by atoms with E-state index in [1.54, 1.807) is 19.1 Å². The fourth-order valence-corrected chi connectivity index (χ4v) is 2.42. The second-order valence-corrected chi connectivity index (χ2v) is 5.20. The minimum absolute atomic E-state index is 0.0133. The van der Waals surface area contributed by atoms with Crippen LogP contribution < -0.4 is 10.5 Å². The number of Topliss-reactive ketones (excluding diaryl/α,β-unsaturated/α-hetero) is 1. The molecular weight excluding hydrogens is 293 g/mol. The Morgan fingerprint density at radius 3 is 2.52 bits per heavy atom. The molecule has 0 radical (unpaired) electrons. The number of rotatable bonds is 3. The molecule has 0 saturated carbocycles. The number of nitrogen functional groups attached to an aromatic ring is 1. The Hall–Kier alpha value is -2.07. The van der Waals surface area contributed by atoms with Crippen LogP contribution in [0.15, 0.2) is 24.3 Å². The summed E-state index contributed by atoms with van der Waals surface area (Å²) in [4.78, 5) is 11.7. The summed E-state index contributed by atoms with van der Waals surface area (Å²) in [5, 5.41) is 0.0133. The first-order valence-electron chi connectivity index (χ1n) is 6.35. The number of carbonyl (C=O) groups is 1. The van der Waals surface area contributed by atoms with E-state index in [1.165, 1.54) is 19.1 Å². The zero-order valence-electron chi connectivity index (χ0n) is 12.0. The lowest BCUT2D eigenvalue weighted by Crippen LogP contribution is -2.02. The van der Waals surface area contributed by atoms with Crippen molar-refractivity contribution in [1.29, 1.82) is 0 Å². The molecule has 0 unspecified atom stereocenters. The van der Waals surface area contributed by atoms with Crippen LogP contribution in [0.25, 0.3) is 0 Å². The van der Waals surface area contributed by atoms with Crippen molar-refractivity contribution in [1.82, 2.24) is 0 Å². The van der Waals surface area contributed by atoms with Crippen molar-refractivity contribution < 1.29 is 13.9 Å². The highest BCUT2D eigenvalue weighted by Gasteiger charge is 2.17. The molecule has 0 fully saturated rings. The van der Waals surface area contributed by atoms with Gasteiger partial charge in [0.1, 0.15) is 10.8 Å². The quantitative estimate of drug-likeness (QED) is 0.662. The van der Waals surface area contributed by atoms with Gasteiger partial charge in [-0.15, -0.1) is 0 Å². The number of ether oxygens (including phenoxy) is 1. The molecule has 0 spiro atoms. The number of ketones is 1. The minimum atomic E-state index is -0.612. The number of hydrogen-bond donors (Lipinski definition) is 1. The van der Waals surface area contributed by atoms with Crippen molar-refractivity contribution in [2.24, 2.45) is 0 Å². The van der Waals surface area contributed by atoms with Gasteiger partial charge in [0.2, 0.25) is 0 Å². The Morgan fingerprint density at radius 2 is 1.90 bits per heavy atom. The summed E-state index contributed by atoms with van der Waals surface area (Å²) in [6.45, 7) is 5.06. The molecule has 2 rings (SSSR count). The molecular formula is C16H15ClFNO2. The maximum Gasteiger partial charge on any atom is 0.183 e. The molecule has 0 aliphatic heterocycles. The lowest BCUT2D eigenvalue weighted by molar-refractivity contribution is 0.101. The second-order valence-electron chi connectivity index (χ2n) is 4.82. The Morgan fingerprint density at radius 1 is 1.24 bits per heavy atom. The maximum absolute atomic E-state index is 13.9. The summed E-state index contributed by atoms with van der Waals surface area (Å²) in [6.07, 6.45) is 0. The molecule has 0 saturated heterocycles. The second kappa shape index (κ2) is 5.74. The number of nitrogens with two attached hydrogens (primary N) is 1. The standard InChI is InChI=1S/C16H15ClFNO2/c1-8-4-7-13(9(2)14(8)10(3)20)21-16-11(18)5-6-12(19)15(16)17/h4-7H,19H2,1-3H3. The van der Waals surface area contributed by atoms with Crippen molar-refractivity contribution in [2.45, 2.75) is 20.8 Å². The number of hydrogen-bond acceptors (Lipinski definition) is 3. The van der Waals surface area contributed by atoms with Gasteiger partial charge in [-0.1, -0.05) is 17.7 Å². The highest BCUT2D eigenvalue weighted by atomic mass is 35.5. The summed E-state index contributed by atoms with van der Waals surface area (Å²) >= 11 is 5.98. The average Bonchev–Trinajstić information content (AvgIpc) is 2.41. The molecule has 21 heavy (non-hydrogen) atoms. The molecule has 0 heterocycles. The van der Waals surface area contributed by atoms with E-state index in [1.807, 2.05) is 6.92 Å². The first-order valence-corrected chi connectivity index (χ1v) is 6.73. The number of carbonyl (C=O) groups excluding carboxylic acids is 1. The Balaban J connectivity index is 2.54. The Labute approximate surface area is 127 Å². The first-order chi connectivity index (χ1) is 9.82. The van der Waals surface area contributed by atoms with Crippen molar-refractivity contribution in [3.05, 3.63) is 51.8 Å². The zero-order valence-corrected chi connectivity index (χ0v) is 12.7. The van der Waals surface area contributed by atoms with E-state index in [4.69, 9.17) is 22.1 Å². The van der Waals surface area contributed by atoms with E-state index < -0.39 is 5.82 Å². The monoisotopic (exact) mass is 307 g/mol. The van der Waals surface area contributed by atoms with Crippen LogP contribution >= 0.6 is 11.6 Å². The van der Waals surface area contributed by atoms with E-state index in [0.29, 0.717) is 16.9 Å². The van der Waals surface area contributed by atoms with Crippen LogP contribution in [0.5, 0.6) is 11.5 Å². The lowest BCUT2D eigenvalue weighted by atomic mass is 9.99. The highest BCUT2D eigenvalue weighted by Crippen LogP contribution is 2.38. The topological polar surface area (TPSA) is 52.3 Å². The van der Waals surface area contributed by atoms with Crippen LogP contribution in [0.3, 0.4) is 0 Å². The largest absolute Gasteiger partial charge is 0.452 e. The Kier molecular flexibility index (Phi) is 4.19. The number of anilines is 1. The van der Waals surface area contributed by atoms with E-state index >= 15 is 0 Å². The molecule has 0 atom stereocenters. The Bertz CT molecular complexity index is 729. The van der Waals surface area contributed by atoms with E-state index in [2.05, 4.69) is 0 Å². The van der Waals surface area contributed by atoms with Crippen LogP contribution in [-0.4, -0.2) is 5.78 Å². The fourth-order valence-electron chi connectivity index (χ4n) is 2.23. The molecule has 2 aromatic carbocycles. The van der Waals surface area contributed by atoms with Crippen LogP contribution in [0.2, 0.25) is 5.02 Å². The van der Waals surface area contributed by atoms with Crippen LogP contribution in [0, 0.1) is 19.7 Å². The minimum Gasteiger partial charge on any atom is -0.452 e. The van der Waals surface area contributed by atoms with Gasteiger partial charge < -0.3 is 10.5 Å². The molecule has 0 aromatic heterocycles. The predicted molar refractivity (Wildman–Crippen MR) is 81.8 cm³/mol. The summed E-state index contributed by atoms with van der Waals surface area (Å²) in [7, 11) is 0. The summed E-state index contributed by atoms with van der Waals surface area (Å²) in [5.74, 6) is -0.455. The molecule has 0 bridgehead atoms. The van der Waals surface area contributed by atoms with Gasteiger partial charge in [0.15, 0.2) is 17.3 Å². The average molecular weight is 308 g/mol. The highest BCUT2D eigenvalue weighted by molar-refractivity contribution is 6.34. The van der Waals surface area contributed by atoms with Crippen LogP contribution in [-0.2, 0) is 0 Å². The predicted octanol–water partition coefficient (Wildman–Crippen LogP) is 4.67. The SMILES string of the molecule is CC(=O)c1c(C)ccc(Oc2c(F)ccc(N)c2Cl)c1C. The summed E-state index contributed by atoms with van der Waals surface area (Å²) in [5.41, 5.74) is 7.92. The van der Waals surface area contributed by atoms with Gasteiger partial charge in [0, 0.05) is 11.1 Å². The smallest absolute Gasteiger partial charge is 0.183 e. The van der Waals surface area contributed by atoms with E-state index in [0.717, 1.165) is 5.56 Å². The number of benzene rings is 2. The molecule has 0 aliphatic carbocycles. The van der Waals surface area contributed by atoms with Gasteiger partial charge >= 0.3 is 0 Å². The normalized spacial score (nSPS) is 10.5. The van der Waals surface area contributed by atoms with Gasteiger partial charge in [-0.2, -0.15) is 0 Å². The van der Waals surface area contributed by atoms with Gasteiger partial charge in [-0.3, -0.25) is 4.79 Å². The van der Waals surface area contributed by atoms with Gasteiger partial charge in [-0.05, 0) is 44.5 Å². The molecule has 110 valence electrons. The van der Waals surface area contributed by atoms with Crippen molar-refractivity contribution >= 4 is 23.1 Å². The number of halogens is 2. The van der Waals surface area contributed by atoms with E-state index in [-0.39, 0.29) is 22.2 Å². The van der Waals surface area contributed by atoms with Crippen molar-refractivity contribution in [3.8, 4) is 11.5 Å². The molecule has 2 aromatic rings. The zero-order chi connectivity index (χ0) is 15.7. The van der Waals surface area contributed by atoms with Gasteiger partial charge in [0.25, 0.3) is 0 Å². The molecule has 0 aliphatic rings. The summed E-state index contributed by atoms with van der Waals surface area (Å²) < 4.78 is 19.4. The molecule has 5 heteroatoms. The molecule has 0 amide bonds. The van der Waals surface area contributed by atoms with Crippen molar-refractivity contribution in [3.63, 3.8) is 0 Å². The lowest BCUT2D eigenvalue weighted by Gasteiger charge is -2.15. The molecule has 3 nitrogen and oxygen atoms in total.